The first-order valence-electron chi connectivity index (χ1n) is 7.84. The van der Waals surface area contributed by atoms with Gasteiger partial charge in [0.15, 0.2) is 17.1 Å². The van der Waals surface area contributed by atoms with E-state index in [1.807, 2.05) is 24.3 Å². The first-order chi connectivity index (χ1) is 12.7. The molecule has 126 valence electrons. The van der Waals surface area contributed by atoms with Crippen LogP contribution < -0.4 is 0 Å². The molecule has 3 aromatic heterocycles. The standard InChI is InChI=1S/C18H11ClN6O/c19-14-6-1-2-7-15(14)25-17-13(9-21-25)18-23-22-16(24(18)10-20-17)11-4-3-5-12(26)8-11/h1-10,26H. The van der Waals surface area contributed by atoms with Gasteiger partial charge in [0, 0.05) is 5.56 Å². The van der Waals surface area contributed by atoms with E-state index in [9.17, 15) is 5.11 Å². The number of phenolic OH excluding ortho intramolecular Hbond substituents is 1. The van der Waals surface area contributed by atoms with Gasteiger partial charge in [-0.25, -0.2) is 9.67 Å². The number of halogens is 1. The van der Waals surface area contributed by atoms with Crippen molar-refractivity contribution in [1.29, 1.82) is 0 Å². The summed E-state index contributed by atoms with van der Waals surface area (Å²) >= 11 is 6.29. The number of fused-ring (bicyclic) bond motifs is 3. The number of hydrogen-bond donors (Lipinski definition) is 1. The van der Waals surface area contributed by atoms with E-state index in [2.05, 4.69) is 20.3 Å². The van der Waals surface area contributed by atoms with Crippen molar-refractivity contribution in [3.8, 4) is 22.8 Å². The van der Waals surface area contributed by atoms with Gasteiger partial charge in [0.05, 0.1) is 22.3 Å². The number of aromatic hydroxyl groups is 1. The van der Waals surface area contributed by atoms with Crippen LogP contribution in [0.4, 0.5) is 0 Å². The smallest absolute Gasteiger partial charge is 0.175 e. The Morgan fingerprint density at radius 2 is 1.85 bits per heavy atom. The lowest BCUT2D eigenvalue weighted by atomic mass is 10.2. The third kappa shape index (κ3) is 2.14. The van der Waals surface area contributed by atoms with E-state index in [-0.39, 0.29) is 5.75 Å². The summed E-state index contributed by atoms with van der Waals surface area (Å²) in [6.45, 7) is 0. The number of rotatable bonds is 2. The van der Waals surface area contributed by atoms with Crippen LogP contribution in [0.15, 0.2) is 61.1 Å². The molecule has 5 rings (SSSR count). The maximum atomic E-state index is 9.71. The predicted molar refractivity (Wildman–Crippen MR) is 97.5 cm³/mol. The zero-order valence-corrected chi connectivity index (χ0v) is 14.0. The molecular formula is C18H11ClN6O. The molecule has 2 aromatic carbocycles. The molecule has 0 saturated heterocycles. The number of benzene rings is 2. The Kier molecular flexibility index (Phi) is 3.16. The van der Waals surface area contributed by atoms with Crippen LogP contribution in [0.1, 0.15) is 0 Å². The van der Waals surface area contributed by atoms with Crippen molar-refractivity contribution in [2.75, 3.05) is 0 Å². The first-order valence-corrected chi connectivity index (χ1v) is 8.22. The van der Waals surface area contributed by atoms with Gasteiger partial charge < -0.3 is 5.11 Å². The van der Waals surface area contributed by atoms with Gasteiger partial charge in [-0.2, -0.15) is 5.10 Å². The molecule has 0 amide bonds. The van der Waals surface area contributed by atoms with Crippen LogP contribution in [0.5, 0.6) is 5.75 Å². The Balaban J connectivity index is 1.75. The Hall–Kier alpha value is -3.45. The second-order valence-corrected chi connectivity index (χ2v) is 6.16. The van der Waals surface area contributed by atoms with Crippen molar-refractivity contribution in [2.24, 2.45) is 0 Å². The molecule has 0 saturated carbocycles. The minimum absolute atomic E-state index is 0.167. The van der Waals surface area contributed by atoms with Crippen LogP contribution in [0.25, 0.3) is 33.8 Å². The van der Waals surface area contributed by atoms with Crippen LogP contribution in [-0.4, -0.2) is 34.5 Å². The van der Waals surface area contributed by atoms with Gasteiger partial charge in [0.25, 0.3) is 0 Å². The molecule has 0 unspecified atom stereocenters. The molecule has 0 bridgehead atoms. The normalized spacial score (nSPS) is 11.4. The Morgan fingerprint density at radius 3 is 2.69 bits per heavy atom. The van der Waals surface area contributed by atoms with Crippen molar-refractivity contribution < 1.29 is 5.11 Å². The molecule has 0 aliphatic heterocycles. The average Bonchev–Trinajstić information content (AvgIpc) is 3.26. The summed E-state index contributed by atoms with van der Waals surface area (Å²) in [6.07, 6.45) is 3.34. The monoisotopic (exact) mass is 362 g/mol. The summed E-state index contributed by atoms with van der Waals surface area (Å²) in [4.78, 5) is 4.53. The van der Waals surface area contributed by atoms with Crippen LogP contribution in [0, 0.1) is 0 Å². The summed E-state index contributed by atoms with van der Waals surface area (Å²) in [7, 11) is 0. The van der Waals surface area contributed by atoms with Crippen molar-refractivity contribution in [3.05, 3.63) is 66.1 Å². The molecule has 0 radical (unpaired) electrons. The quantitative estimate of drug-likeness (QED) is 0.520. The van der Waals surface area contributed by atoms with E-state index in [1.54, 1.807) is 45.9 Å². The molecule has 5 aromatic rings. The largest absolute Gasteiger partial charge is 0.508 e. The Labute approximate surface area is 152 Å². The highest BCUT2D eigenvalue weighted by Crippen LogP contribution is 2.27. The molecule has 7 nitrogen and oxygen atoms in total. The van der Waals surface area contributed by atoms with E-state index >= 15 is 0 Å². The Morgan fingerprint density at radius 1 is 0.962 bits per heavy atom. The van der Waals surface area contributed by atoms with E-state index in [0.717, 1.165) is 16.6 Å². The summed E-state index contributed by atoms with van der Waals surface area (Å²) in [5, 5.41) is 24.0. The number of para-hydroxylation sites is 1. The van der Waals surface area contributed by atoms with Crippen LogP contribution in [0.3, 0.4) is 0 Å². The predicted octanol–water partition coefficient (Wildman–Crippen LogP) is 3.49. The highest BCUT2D eigenvalue weighted by Gasteiger charge is 2.16. The number of hydrogen-bond acceptors (Lipinski definition) is 5. The molecule has 0 aliphatic rings. The maximum absolute atomic E-state index is 9.71. The molecule has 0 atom stereocenters. The lowest BCUT2D eigenvalue weighted by Crippen LogP contribution is -1.99. The minimum Gasteiger partial charge on any atom is -0.508 e. The van der Waals surface area contributed by atoms with Crippen LogP contribution >= 0.6 is 11.6 Å². The number of aromatic nitrogens is 6. The lowest BCUT2D eigenvalue weighted by Gasteiger charge is -2.05. The topological polar surface area (TPSA) is 81.1 Å². The molecule has 0 aliphatic carbocycles. The van der Waals surface area contributed by atoms with Gasteiger partial charge in [-0.1, -0.05) is 35.9 Å². The number of phenols is 1. The molecule has 8 heteroatoms. The van der Waals surface area contributed by atoms with Gasteiger partial charge in [-0.3, -0.25) is 4.40 Å². The molecular weight excluding hydrogens is 352 g/mol. The fraction of sp³-hybridized carbons (Fsp3) is 0. The molecule has 26 heavy (non-hydrogen) atoms. The molecule has 0 fully saturated rings. The van der Waals surface area contributed by atoms with E-state index < -0.39 is 0 Å². The van der Waals surface area contributed by atoms with E-state index in [1.165, 1.54) is 0 Å². The Bertz CT molecular complexity index is 1280. The van der Waals surface area contributed by atoms with Crippen LogP contribution in [0.2, 0.25) is 5.02 Å². The van der Waals surface area contributed by atoms with Gasteiger partial charge in [0.2, 0.25) is 0 Å². The number of nitrogens with zero attached hydrogens (tertiary/aromatic N) is 6. The third-order valence-electron chi connectivity index (χ3n) is 4.16. The molecule has 0 spiro atoms. The second-order valence-electron chi connectivity index (χ2n) is 5.76. The summed E-state index contributed by atoms with van der Waals surface area (Å²) in [5.41, 5.74) is 2.76. The zero-order valence-electron chi connectivity index (χ0n) is 13.3. The fourth-order valence-electron chi connectivity index (χ4n) is 2.96. The fourth-order valence-corrected chi connectivity index (χ4v) is 3.18. The summed E-state index contributed by atoms with van der Waals surface area (Å²) in [5.74, 6) is 0.760. The maximum Gasteiger partial charge on any atom is 0.175 e. The van der Waals surface area contributed by atoms with Gasteiger partial charge in [0.1, 0.15) is 12.1 Å². The van der Waals surface area contributed by atoms with Gasteiger partial charge in [-0.15, -0.1) is 10.2 Å². The molecule has 1 N–H and O–H groups in total. The van der Waals surface area contributed by atoms with Crippen molar-refractivity contribution in [2.45, 2.75) is 0 Å². The highest BCUT2D eigenvalue weighted by atomic mass is 35.5. The van der Waals surface area contributed by atoms with E-state index in [4.69, 9.17) is 11.6 Å². The third-order valence-corrected chi connectivity index (χ3v) is 4.48. The first kappa shape index (κ1) is 14.9. The van der Waals surface area contributed by atoms with Crippen molar-refractivity contribution >= 4 is 28.3 Å². The lowest BCUT2D eigenvalue weighted by molar-refractivity contribution is 0.475. The minimum atomic E-state index is 0.167. The summed E-state index contributed by atoms with van der Waals surface area (Å²) < 4.78 is 3.45. The van der Waals surface area contributed by atoms with Gasteiger partial charge in [-0.05, 0) is 24.3 Å². The highest BCUT2D eigenvalue weighted by molar-refractivity contribution is 6.32. The van der Waals surface area contributed by atoms with Gasteiger partial charge >= 0.3 is 0 Å². The summed E-state index contributed by atoms with van der Waals surface area (Å²) in [6, 6.07) is 14.3. The van der Waals surface area contributed by atoms with Crippen LogP contribution in [-0.2, 0) is 0 Å². The zero-order chi connectivity index (χ0) is 17.7. The SMILES string of the molecule is Oc1cccc(-c2nnc3c4cnn(-c5ccccc5Cl)c4ncn23)c1. The second kappa shape index (κ2) is 5.53. The molecule has 3 heterocycles. The van der Waals surface area contributed by atoms with E-state index in [0.29, 0.717) is 22.1 Å². The average molecular weight is 363 g/mol. The van der Waals surface area contributed by atoms with Crippen molar-refractivity contribution in [1.82, 2.24) is 29.4 Å². The van der Waals surface area contributed by atoms with Crippen molar-refractivity contribution in [3.63, 3.8) is 0 Å².